The van der Waals surface area contributed by atoms with Crippen LogP contribution in [0.1, 0.15) is 0 Å². The Kier molecular flexibility index (Phi) is 10.9. The highest BCUT2D eigenvalue weighted by Crippen LogP contribution is 2.40. The smallest absolute Gasteiger partial charge is 0.376 e. The van der Waals surface area contributed by atoms with Crippen molar-refractivity contribution in [2.45, 2.75) is 5.51 Å². The number of alkyl halides is 3. The number of hydrogen-bond acceptors (Lipinski definition) is 4. The molecule has 0 unspecified atom stereocenters. The highest BCUT2D eigenvalue weighted by Gasteiger charge is 2.48. The molecule has 3 heterocycles. The highest BCUT2D eigenvalue weighted by molar-refractivity contribution is 7.88. The third-order valence-corrected chi connectivity index (χ3v) is 14.2. The van der Waals surface area contributed by atoms with Crippen molar-refractivity contribution in [2.75, 3.05) is 0 Å². The summed E-state index contributed by atoms with van der Waals surface area (Å²) in [6, 6.07) is 77.3. The minimum Gasteiger partial charge on any atom is -0.376 e. The van der Waals surface area contributed by atoms with E-state index in [-0.39, 0.29) is 0 Å². The van der Waals surface area contributed by atoms with E-state index in [1.54, 1.807) is 6.07 Å². The van der Waals surface area contributed by atoms with Gasteiger partial charge < -0.3 is 13.3 Å². The third kappa shape index (κ3) is 8.07. The first-order valence-corrected chi connectivity index (χ1v) is 24.6. The summed E-state index contributed by atoms with van der Waals surface area (Å²) >= 11 is 0. The molecule has 13 rings (SSSR count). The van der Waals surface area contributed by atoms with Gasteiger partial charge in [-0.15, -0.1) is 0 Å². The van der Waals surface area contributed by atoms with Crippen LogP contribution in [0.5, 0.6) is 5.75 Å². The van der Waals surface area contributed by atoms with Gasteiger partial charge in [0, 0.05) is 56.9 Å². The Morgan fingerprint density at radius 2 is 0.764 bits per heavy atom. The van der Waals surface area contributed by atoms with Crippen molar-refractivity contribution in [1.82, 2.24) is 14.1 Å². The van der Waals surface area contributed by atoms with Crippen LogP contribution >= 0.6 is 0 Å². The Morgan fingerprint density at radius 3 is 1.21 bits per heavy atom. The second-order valence-corrected chi connectivity index (χ2v) is 19.1. The Hall–Kier alpha value is -8.99. The maximum Gasteiger partial charge on any atom is 0.534 e. The lowest BCUT2D eigenvalue weighted by Gasteiger charge is -2.11. The molecule has 0 saturated carbocycles. The van der Waals surface area contributed by atoms with Crippen LogP contribution < -0.4 is 4.18 Å². The van der Waals surface area contributed by atoms with Crippen LogP contribution in [0.25, 0.3) is 110 Å². The molecular formula is C62H40F3N3O3S. The molecule has 72 heavy (non-hydrogen) atoms. The van der Waals surface area contributed by atoms with Gasteiger partial charge in [0.2, 0.25) is 0 Å². The van der Waals surface area contributed by atoms with Gasteiger partial charge in [-0.05, 0) is 122 Å². The van der Waals surface area contributed by atoms with Crippen molar-refractivity contribution >= 4 is 75.3 Å². The van der Waals surface area contributed by atoms with E-state index in [0.717, 1.165) is 55.1 Å². The number of benzene rings is 10. The predicted octanol–water partition coefficient (Wildman–Crippen LogP) is 16.5. The van der Waals surface area contributed by atoms with E-state index in [2.05, 4.69) is 147 Å². The molecule has 348 valence electrons. The van der Waals surface area contributed by atoms with E-state index in [4.69, 9.17) is 0 Å². The fourth-order valence-corrected chi connectivity index (χ4v) is 10.2. The quantitative estimate of drug-likeness (QED) is 0.118. The summed E-state index contributed by atoms with van der Waals surface area (Å²) < 4.78 is 70.7. The SMILES string of the molecule is O=S(=O)(Oc1ccc2c3ccc(-c4ccc5ccccc5c4)cc3n(-c3ccccc3)c2c1)C(F)(F)F.c1ccc(-n2c3cc(-c4cccnc4)ccc3c3ccc(-c4ccc5ccccc5c4)cc32)cc1. The molecule has 0 bridgehead atoms. The zero-order valence-corrected chi connectivity index (χ0v) is 39.0. The summed E-state index contributed by atoms with van der Waals surface area (Å²) in [6.45, 7) is 0. The molecule has 0 aliphatic carbocycles. The topological polar surface area (TPSA) is 66.1 Å². The maximum absolute atomic E-state index is 12.9. The monoisotopic (exact) mass is 963 g/mol. The molecule has 10 heteroatoms. The van der Waals surface area contributed by atoms with E-state index in [0.29, 0.717) is 5.52 Å². The molecule has 6 nitrogen and oxygen atoms in total. The van der Waals surface area contributed by atoms with Crippen LogP contribution in [0.2, 0.25) is 0 Å². The standard InChI is InChI=1S/C33H22N2.C29H18F3NO3S/c1-2-10-29(11-3-1)35-32-20-26(25-13-12-23-7-4-5-8-24(23)19-25)14-16-30(32)31-17-15-27(21-33(31)35)28-9-6-18-34-22-28;30-29(31,32)37(34,35)36-24-13-15-26-25-14-12-22(21-11-10-19-6-4-5-7-20(19)16-21)17-27(25)33(28(26)18-24)23-8-2-1-3-9-23/h1-22H;1-18H. The zero-order chi connectivity index (χ0) is 49.0. The predicted molar refractivity (Wildman–Crippen MR) is 286 cm³/mol. The van der Waals surface area contributed by atoms with Gasteiger partial charge in [-0.1, -0.05) is 152 Å². The van der Waals surface area contributed by atoms with Crippen LogP contribution in [0.3, 0.4) is 0 Å². The number of hydrogen-bond donors (Lipinski definition) is 0. The number of fused-ring (bicyclic) bond motifs is 8. The molecule has 0 saturated heterocycles. The van der Waals surface area contributed by atoms with E-state index in [1.807, 2.05) is 95.8 Å². The van der Waals surface area contributed by atoms with Crippen LogP contribution in [0, 0.1) is 0 Å². The lowest BCUT2D eigenvalue weighted by molar-refractivity contribution is -0.0500. The Morgan fingerprint density at radius 1 is 0.375 bits per heavy atom. The number of pyridine rings is 1. The van der Waals surface area contributed by atoms with Gasteiger partial charge in [-0.3, -0.25) is 4.98 Å². The first-order chi connectivity index (χ1) is 35.1. The van der Waals surface area contributed by atoms with Crippen molar-refractivity contribution in [3.05, 3.63) is 243 Å². The van der Waals surface area contributed by atoms with Crippen LogP contribution in [0.15, 0.2) is 243 Å². The number of halogens is 3. The average Bonchev–Trinajstić information content (AvgIpc) is 3.92. The number of para-hydroxylation sites is 2. The van der Waals surface area contributed by atoms with E-state index < -0.39 is 21.4 Å². The lowest BCUT2D eigenvalue weighted by Crippen LogP contribution is -2.28. The lowest BCUT2D eigenvalue weighted by atomic mass is 10.00. The van der Waals surface area contributed by atoms with Crippen LogP contribution in [-0.2, 0) is 10.1 Å². The Balaban J connectivity index is 0.000000147. The zero-order valence-electron chi connectivity index (χ0n) is 38.2. The van der Waals surface area contributed by atoms with Crippen molar-refractivity contribution in [2.24, 2.45) is 0 Å². The van der Waals surface area contributed by atoms with Gasteiger partial charge in [-0.25, -0.2) is 0 Å². The second-order valence-electron chi connectivity index (χ2n) is 17.6. The molecule has 0 fully saturated rings. The molecule has 0 spiro atoms. The van der Waals surface area contributed by atoms with Gasteiger partial charge in [0.1, 0.15) is 5.75 Å². The third-order valence-electron chi connectivity index (χ3n) is 13.2. The minimum atomic E-state index is -5.80. The normalized spacial score (nSPS) is 11.9. The summed E-state index contributed by atoms with van der Waals surface area (Å²) in [6.07, 6.45) is 3.74. The summed E-state index contributed by atoms with van der Waals surface area (Å²) in [5.74, 6) is -0.417. The summed E-state index contributed by atoms with van der Waals surface area (Å²) in [5, 5.41) is 8.89. The van der Waals surface area contributed by atoms with Crippen molar-refractivity contribution in [3.8, 4) is 50.5 Å². The van der Waals surface area contributed by atoms with Crippen molar-refractivity contribution in [1.29, 1.82) is 0 Å². The van der Waals surface area contributed by atoms with Gasteiger partial charge in [-0.2, -0.15) is 21.6 Å². The molecule has 10 aromatic carbocycles. The van der Waals surface area contributed by atoms with Gasteiger partial charge in [0.05, 0.1) is 22.1 Å². The molecule has 0 radical (unpaired) electrons. The average molecular weight is 964 g/mol. The van der Waals surface area contributed by atoms with Gasteiger partial charge >= 0.3 is 15.6 Å². The molecule has 0 amide bonds. The minimum absolute atomic E-state index is 0.417. The summed E-state index contributed by atoms with van der Waals surface area (Å²) in [4.78, 5) is 4.32. The molecule has 0 N–H and O–H groups in total. The Labute approximate surface area is 412 Å². The van der Waals surface area contributed by atoms with Gasteiger partial charge in [0.25, 0.3) is 0 Å². The fraction of sp³-hybridized carbons (Fsp3) is 0.0161. The maximum atomic E-state index is 12.9. The summed E-state index contributed by atoms with van der Waals surface area (Å²) in [7, 11) is -5.80. The van der Waals surface area contributed by atoms with E-state index in [1.165, 1.54) is 61.4 Å². The van der Waals surface area contributed by atoms with Crippen LogP contribution in [0.4, 0.5) is 13.2 Å². The van der Waals surface area contributed by atoms with Gasteiger partial charge in [0.15, 0.2) is 0 Å². The largest absolute Gasteiger partial charge is 0.534 e. The van der Waals surface area contributed by atoms with E-state index in [9.17, 15) is 21.6 Å². The molecule has 0 atom stereocenters. The highest BCUT2D eigenvalue weighted by atomic mass is 32.2. The van der Waals surface area contributed by atoms with Crippen molar-refractivity contribution in [3.63, 3.8) is 0 Å². The number of nitrogens with zero attached hydrogens (tertiary/aromatic N) is 3. The number of rotatable bonds is 7. The molecule has 13 aromatic rings. The first kappa shape index (κ1) is 44.2. The molecule has 0 aliphatic heterocycles. The van der Waals surface area contributed by atoms with Crippen molar-refractivity contribution < 1.29 is 25.8 Å². The second kappa shape index (κ2) is 17.8. The number of aromatic nitrogens is 3. The molecule has 0 aliphatic rings. The summed E-state index contributed by atoms with van der Waals surface area (Å²) in [5.41, 5.74) is 6.88. The molecule has 3 aromatic heterocycles. The molecular weight excluding hydrogens is 924 g/mol. The Bertz CT molecular complexity index is 4310. The first-order valence-electron chi connectivity index (χ1n) is 23.2. The fourth-order valence-electron chi connectivity index (χ4n) is 9.76. The van der Waals surface area contributed by atoms with Crippen LogP contribution in [-0.4, -0.2) is 28.0 Å². The van der Waals surface area contributed by atoms with E-state index >= 15 is 0 Å².